The van der Waals surface area contributed by atoms with Gasteiger partial charge in [-0.2, -0.15) is 0 Å². The van der Waals surface area contributed by atoms with Crippen LogP contribution in [0.5, 0.6) is 0 Å². The molecule has 3 rings (SSSR count). The molecule has 2 atom stereocenters. The molecule has 146 valence electrons. The minimum Gasteiger partial charge on any atom is -0.382 e. The summed E-state index contributed by atoms with van der Waals surface area (Å²) in [4.78, 5) is 0. The Kier molecular flexibility index (Phi) is 6.99. The number of hydrogen-bond acceptors (Lipinski definition) is 1. The van der Waals surface area contributed by atoms with Crippen LogP contribution < -0.4 is 5.32 Å². The number of nitrogens with one attached hydrogen (secondary N) is 1. The lowest BCUT2D eigenvalue weighted by molar-refractivity contribution is 0.298. The highest BCUT2D eigenvalue weighted by Crippen LogP contribution is 2.41. The van der Waals surface area contributed by atoms with Gasteiger partial charge in [0.05, 0.1) is 6.04 Å². The van der Waals surface area contributed by atoms with E-state index < -0.39 is 0 Å². The van der Waals surface area contributed by atoms with Crippen molar-refractivity contribution in [1.29, 1.82) is 0 Å². The summed E-state index contributed by atoms with van der Waals surface area (Å²) in [6, 6.07) is 0.497. The van der Waals surface area contributed by atoms with E-state index in [9.17, 15) is 0 Å². The minimum absolute atomic E-state index is 0.497. The van der Waals surface area contributed by atoms with Gasteiger partial charge in [-0.25, -0.2) is 0 Å². The first kappa shape index (κ1) is 20.0. The Bertz CT molecular complexity index is 679. The first-order chi connectivity index (χ1) is 13.1. The zero-order valence-electron chi connectivity index (χ0n) is 17.4. The average molecular weight is 364 g/mol. The van der Waals surface area contributed by atoms with E-state index in [1.54, 1.807) is 11.1 Å². The van der Waals surface area contributed by atoms with Gasteiger partial charge < -0.3 is 5.32 Å². The zero-order valence-corrected chi connectivity index (χ0v) is 17.4. The van der Waals surface area contributed by atoms with Gasteiger partial charge in [-0.15, -0.1) is 0 Å². The molecule has 0 saturated heterocycles. The van der Waals surface area contributed by atoms with Crippen molar-refractivity contribution in [3.63, 3.8) is 0 Å². The maximum atomic E-state index is 4.25. The van der Waals surface area contributed by atoms with E-state index >= 15 is 0 Å². The highest BCUT2D eigenvalue weighted by molar-refractivity contribution is 5.33. The first-order valence-electron chi connectivity index (χ1n) is 10.9. The van der Waals surface area contributed by atoms with E-state index in [1.807, 2.05) is 6.08 Å². The fourth-order valence-electron chi connectivity index (χ4n) is 5.02. The van der Waals surface area contributed by atoms with Crippen LogP contribution in [0.3, 0.4) is 0 Å². The van der Waals surface area contributed by atoms with Crippen molar-refractivity contribution in [2.75, 3.05) is 0 Å². The lowest BCUT2D eigenvalue weighted by atomic mass is 9.79. The van der Waals surface area contributed by atoms with Gasteiger partial charge in [0.15, 0.2) is 0 Å². The minimum atomic E-state index is 0.497. The quantitative estimate of drug-likeness (QED) is 0.389. The van der Waals surface area contributed by atoms with Crippen molar-refractivity contribution in [3.05, 3.63) is 71.5 Å². The molecule has 0 radical (unpaired) electrons. The molecule has 1 heteroatoms. The molecule has 1 fully saturated rings. The van der Waals surface area contributed by atoms with Gasteiger partial charge in [-0.3, -0.25) is 0 Å². The van der Waals surface area contributed by atoms with Crippen LogP contribution in [0, 0.1) is 11.8 Å². The number of rotatable bonds is 6. The van der Waals surface area contributed by atoms with Gasteiger partial charge >= 0.3 is 0 Å². The summed E-state index contributed by atoms with van der Waals surface area (Å²) >= 11 is 0. The predicted octanol–water partition coefficient (Wildman–Crippen LogP) is 7.17. The van der Waals surface area contributed by atoms with Crippen molar-refractivity contribution in [1.82, 2.24) is 5.32 Å². The van der Waals surface area contributed by atoms with Crippen LogP contribution in [0.15, 0.2) is 71.5 Å². The highest BCUT2D eigenvalue weighted by Gasteiger charge is 2.33. The highest BCUT2D eigenvalue weighted by atomic mass is 14.9. The normalized spacial score (nSPS) is 27.3. The summed E-state index contributed by atoms with van der Waals surface area (Å²) in [7, 11) is 0. The van der Waals surface area contributed by atoms with Gasteiger partial charge in [-0.05, 0) is 63.4 Å². The molecule has 0 bridgehead atoms. The Morgan fingerprint density at radius 3 is 2.67 bits per heavy atom. The van der Waals surface area contributed by atoms with Gasteiger partial charge in [-0.1, -0.05) is 79.5 Å². The maximum Gasteiger partial charge on any atom is 0.0501 e. The molecule has 0 aromatic heterocycles. The molecule has 0 aromatic carbocycles. The van der Waals surface area contributed by atoms with Crippen molar-refractivity contribution in [3.8, 4) is 0 Å². The second kappa shape index (κ2) is 9.44. The van der Waals surface area contributed by atoms with Crippen LogP contribution >= 0.6 is 0 Å². The third-order valence-electron chi connectivity index (χ3n) is 6.71. The second-order valence-electron chi connectivity index (χ2n) is 8.73. The fourth-order valence-corrected chi connectivity index (χ4v) is 5.02. The standard InChI is InChI=1S/C26H37N/c1-5-20(3)23-17-21(4)25(18-23)26(22-13-7-6-8-14-22)27-24-15-9-11-19(2)12-10-16-24/h5,9,11-12,16,22-23,26-27H,1,3,6-8,10,13-15,17-18H2,2,4H3/b11-9?,19-12-,24-16?. The molecule has 0 aliphatic heterocycles. The van der Waals surface area contributed by atoms with Gasteiger partial charge in [0.1, 0.15) is 0 Å². The van der Waals surface area contributed by atoms with Gasteiger partial charge in [0.25, 0.3) is 0 Å². The van der Waals surface area contributed by atoms with Crippen molar-refractivity contribution in [2.24, 2.45) is 11.8 Å². The predicted molar refractivity (Wildman–Crippen MR) is 118 cm³/mol. The maximum absolute atomic E-state index is 4.25. The Hall–Kier alpha value is -1.76. The molecule has 2 unspecified atom stereocenters. The Morgan fingerprint density at radius 2 is 1.93 bits per heavy atom. The van der Waals surface area contributed by atoms with Crippen LogP contribution in [0.4, 0.5) is 0 Å². The third-order valence-corrected chi connectivity index (χ3v) is 6.71. The molecule has 0 heterocycles. The molecule has 1 N–H and O–H groups in total. The molecular formula is C26H37N. The van der Waals surface area contributed by atoms with E-state index in [0.717, 1.165) is 31.6 Å². The summed E-state index contributed by atoms with van der Waals surface area (Å²) in [6.07, 6.45) is 22.5. The summed E-state index contributed by atoms with van der Waals surface area (Å²) in [5, 5.41) is 4.03. The van der Waals surface area contributed by atoms with Crippen molar-refractivity contribution in [2.45, 2.75) is 77.7 Å². The van der Waals surface area contributed by atoms with E-state index in [-0.39, 0.29) is 0 Å². The van der Waals surface area contributed by atoms with E-state index in [4.69, 9.17) is 0 Å². The third kappa shape index (κ3) is 5.15. The smallest absolute Gasteiger partial charge is 0.0501 e. The van der Waals surface area contributed by atoms with E-state index in [1.165, 1.54) is 48.9 Å². The fraction of sp³-hybridized carbons (Fsp3) is 0.538. The largest absolute Gasteiger partial charge is 0.382 e. The monoisotopic (exact) mass is 363 g/mol. The Labute approximate surface area is 166 Å². The second-order valence-corrected chi connectivity index (χ2v) is 8.73. The molecule has 3 aliphatic carbocycles. The molecule has 0 spiro atoms. The first-order valence-corrected chi connectivity index (χ1v) is 10.9. The van der Waals surface area contributed by atoms with Crippen LogP contribution in [-0.4, -0.2) is 6.04 Å². The van der Waals surface area contributed by atoms with Crippen LogP contribution in [-0.2, 0) is 0 Å². The molecular weight excluding hydrogens is 326 g/mol. The topological polar surface area (TPSA) is 12.0 Å². The summed E-state index contributed by atoms with van der Waals surface area (Å²) in [5.74, 6) is 1.33. The Morgan fingerprint density at radius 1 is 1.15 bits per heavy atom. The van der Waals surface area contributed by atoms with Gasteiger partial charge in [0.2, 0.25) is 0 Å². The van der Waals surface area contributed by atoms with E-state index in [2.05, 4.69) is 56.6 Å². The summed E-state index contributed by atoms with van der Waals surface area (Å²) in [6.45, 7) is 12.7. The summed E-state index contributed by atoms with van der Waals surface area (Å²) in [5.41, 5.74) is 7.23. The molecule has 1 saturated carbocycles. The van der Waals surface area contributed by atoms with Gasteiger partial charge in [0, 0.05) is 12.1 Å². The lowest BCUT2D eigenvalue weighted by Gasteiger charge is -2.34. The molecule has 3 aliphatic rings. The van der Waals surface area contributed by atoms with Crippen LogP contribution in [0.1, 0.15) is 71.6 Å². The SMILES string of the molecule is C=CC(=C)C1CC(C)=C(C(NC2=CC/C=C(/C)C=CC2)C2CCCCC2)C1. The lowest BCUT2D eigenvalue weighted by Crippen LogP contribution is -2.38. The molecule has 0 aromatic rings. The van der Waals surface area contributed by atoms with Crippen LogP contribution in [0.2, 0.25) is 0 Å². The molecule has 1 nitrogen and oxygen atoms in total. The molecule has 27 heavy (non-hydrogen) atoms. The number of hydrogen-bond donors (Lipinski definition) is 1. The average Bonchev–Trinajstić information content (AvgIpc) is 3.05. The number of allylic oxidation sites excluding steroid dienone is 8. The van der Waals surface area contributed by atoms with Crippen molar-refractivity contribution >= 4 is 0 Å². The zero-order chi connectivity index (χ0) is 19.2. The summed E-state index contributed by atoms with van der Waals surface area (Å²) < 4.78 is 0. The van der Waals surface area contributed by atoms with E-state index in [0.29, 0.717) is 12.0 Å². The van der Waals surface area contributed by atoms with Crippen LogP contribution in [0.25, 0.3) is 0 Å². The Balaban J connectivity index is 1.80. The molecule has 0 amide bonds. The van der Waals surface area contributed by atoms with Crippen molar-refractivity contribution < 1.29 is 0 Å².